The van der Waals surface area contributed by atoms with E-state index in [4.69, 9.17) is 9.15 Å². The van der Waals surface area contributed by atoms with Crippen LogP contribution in [0.1, 0.15) is 59.1 Å². The van der Waals surface area contributed by atoms with Crippen LogP contribution in [0.4, 0.5) is 0 Å². The molecule has 0 N–H and O–H groups in total. The van der Waals surface area contributed by atoms with Gasteiger partial charge in [0, 0.05) is 17.6 Å². The van der Waals surface area contributed by atoms with Crippen LogP contribution in [0.3, 0.4) is 0 Å². The van der Waals surface area contributed by atoms with E-state index in [9.17, 15) is 9.59 Å². The van der Waals surface area contributed by atoms with Gasteiger partial charge < -0.3 is 14.1 Å². The zero-order valence-electron chi connectivity index (χ0n) is 18.2. The van der Waals surface area contributed by atoms with E-state index in [1.807, 2.05) is 64.1 Å². The Bertz CT molecular complexity index is 1210. The third kappa shape index (κ3) is 4.06. The minimum absolute atomic E-state index is 0.132. The van der Waals surface area contributed by atoms with Crippen molar-refractivity contribution in [3.8, 4) is 0 Å². The zero-order valence-corrected chi connectivity index (χ0v) is 19.8. The van der Waals surface area contributed by atoms with Gasteiger partial charge in [-0.3, -0.25) is 9.59 Å². The van der Waals surface area contributed by atoms with Gasteiger partial charge >= 0.3 is 0 Å². The van der Waals surface area contributed by atoms with Crippen LogP contribution in [0, 0.1) is 13.8 Å². The number of nitrogens with zero attached hydrogens (tertiary/aromatic N) is 1. The van der Waals surface area contributed by atoms with Crippen LogP contribution < -0.4 is 5.43 Å². The lowest BCUT2D eigenvalue weighted by Gasteiger charge is -2.25. The molecule has 2 heterocycles. The van der Waals surface area contributed by atoms with Crippen molar-refractivity contribution in [3.05, 3.63) is 79.1 Å². The summed E-state index contributed by atoms with van der Waals surface area (Å²) in [6.07, 6.45) is 0.807. The van der Waals surface area contributed by atoms with Gasteiger partial charge in [0.1, 0.15) is 5.58 Å². The summed E-state index contributed by atoms with van der Waals surface area (Å²) in [6.45, 7) is 8.93. The number of amides is 1. The second kappa shape index (κ2) is 8.60. The molecule has 0 fully saturated rings. The van der Waals surface area contributed by atoms with Crippen LogP contribution in [-0.4, -0.2) is 30.1 Å². The van der Waals surface area contributed by atoms with E-state index < -0.39 is 6.04 Å². The van der Waals surface area contributed by atoms with Gasteiger partial charge in [0.15, 0.2) is 5.43 Å². The second-order valence-electron chi connectivity index (χ2n) is 8.34. The lowest BCUT2D eigenvalue weighted by molar-refractivity contribution is 0.0593. The molecule has 0 spiro atoms. The van der Waals surface area contributed by atoms with Gasteiger partial charge in [-0.05, 0) is 75.1 Å². The summed E-state index contributed by atoms with van der Waals surface area (Å²) in [5, 5.41) is 0.514. The molecule has 1 aliphatic rings. The number of carbonyl (C=O) groups excluding carboxylic acids is 1. The van der Waals surface area contributed by atoms with Crippen LogP contribution in [0.5, 0.6) is 0 Å². The molecule has 0 saturated carbocycles. The summed E-state index contributed by atoms with van der Waals surface area (Å²) < 4.78 is 12.6. The van der Waals surface area contributed by atoms with E-state index >= 15 is 0 Å². The number of benzene rings is 2. The first kappa shape index (κ1) is 21.8. The van der Waals surface area contributed by atoms with Crippen LogP contribution in [0.2, 0.25) is 0 Å². The molecule has 2 aromatic carbocycles. The molecule has 0 aliphatic carbocycles. The highest BCUT2D eigenvalue weighted by atomic mass is 79.9. The number of carbonyl (C=O) groups is 1. The van der Waals surface area contributed by atoms with E-state index in [0.717, 1.165) is 21.2 Å². The van der Waals surface area contributed by atoms with Gasteiger partial charge in [0.25, 0.3) is 5.91 Å². The number of fused-ring (bicyclic) bond motifs is 2. The quantitative estimate of drug-likeness (QED) is 0.432. The minimum atomic E-state index is -0.485. The largest absolute Gasteiger partial charge is 0.450 e. The van der Waals surface area contributed by atoms with Crippen molar-refractivity contribution >= 4 is 32.8 Å². The summed E-state index contributed by atoms with van der Waals surface area (Å²) in [5.74, 6) is -0.0998. The van der Waals surface area contributed by atoms with Crippen LogP contribution in [0.15, 0.2) is 50.1 Å². The van der Waals surface area contributed by atoms with E-state index in [-0.39, 0.29) is 23.2 Å². The molecule has 3 aromatic rings. The molecule has 5 nitrogen and oxygen atoms in total. The maximum Gasteiger partial charge on any atom is 0.290 e. The monoisotopic (exact) mass is 483 g/mol. The summed E-state index contributed by atoms with van der Waals surface area (Å²) in [6, 6.07) is 11.0. The van der Waals surface area contributed by atoms with Crippen LogP contribution in [0.25, 0.3) is 11.0 Å². The Hall–Kier alpha value is -2.44. The van der Waals surface area contributed by atoms with E-state index in [1.54, 1.807) is 4.90 Å². The molecular formula is C25H26BrNO4. The van der Waals surface area contributed by atoms with Gasteiger partial charge in [0.05, 0.1) is 23.1 Å². The Morgan fingerprint density at radius 1 is 1.13 bits per heavy atom. The highest BCUT2D eigenvalue weighted by molar-refractivity contribution is 9.10. The number of rotatable bonds is 6. The van der Waals surface area contributed by atoms with Crippen molar-refractivity contribution in [2.45, 2.75) is 46.3 Å². The van der Waals surface area contributed by atoms with E-state index in [0.29, 0.717) is 36.1 Å². The molecule has 4 rings (SSSR count). The molecule has 31 heavy (non-hydrogen) atoms. The Morgan fingerprint density at radius 3 is 2.58 bits per heavy atom. The molecule has 0 unspecified atom stereocenters. The number of hydrogen-bond donors (Lipinski definition) is 0. The van der Waals surface area contributed by atoms with Crippen molar-refractivity contribution < 1.29 is 13.9 Å². The van der Waals surface area contributed by atoms with E-state index in [2.05, 4.69) is 15.9 Å². The number of halogens is 1. The SMILES string of the molecule is Cc1cc2oc3c(c(=O)c2cc1C)[C@@H](c1cccc(Br)c1)N(CCCOC(C)C)C3=O. The topological polar surface area (TPSA) is 59.8 Å². The standard InChI is InChI=1S/C25H26BrNO4/c1-14(2)30-10-6-9-27-22(17-7-5-8-18(26)13-17)21-23(28)19-11-15(3)16(4)12-20(19)31-24(21)25(27)29/h5,7-8,11-14,22H,6,9-10H2,1-4H3/t22-/m1/s1. The predicted octanol–water partition coefficient (Wildman–Crippen LogP) is 5.53. The molecule has 0 radical (unpaired) electrons. The lowest BCUT2D eigenvalue weighted by atomic mass is 9.97. The van der Waals surface area contributed by atoms with Gasteiger partial charge in [-0.15, -0.1) is 0 Å². The van der Waals surface area contributed by atoms with Gasteiger partial charge in [-0.2, -0.15) is 0 Å². The van der Waals surface area contributed by atoms with Gasteiger partial charge in [-0.1, -0.05) is 28.1 Å². The maximum atomic E-state index is 13.6. The second-order valence-corrected chi connectivity index (χ2v) is 9.25. The molecule has 6 heteroatoms. The van der Waals surface area contributed by atoms with Crippen molar-refractivity contribution in [1.82, 2.24) is 4.90 Å². The molecule has 1 aromatic heterocycles. The highest BCUT2D eigenvalue weighted by Gasteiger charge is 2.42. The fraction of sp³-hybridized carbons (Fsp3) is 0.360. The fourth-order valence-corrected chi connectivity index (χ4v) is 4.50. The first-order valence-electron chi connectivity index (χ1n) is 10.5. The molecule has 0 saturated heterocycles. The van der Waals surface area contributed by atoms with Crippen LogP contribution in [-0.2, 0) is 4.74 Å². The fourth-order valence-electron chi connectivity index (χ4n) is 4.08. The summed E-state index contributed by atoms with van der Waals surface area (Å²) in [7, 11) is 0. The molecular weight excluding hydrogens is 458 g/mol. The Morgan fingerprint density at radius 2 is 1.87 bits per heavy atom. The van der Waals surface area contributed by atoms with E-state index in [1.165, 1.54) is 0 Å². The molecule has 1 atom stereocenters. The third-order valence-electron chi connectivity index (χ3n) is 5.74. The van der Waals surface area contributed by atoms with Crippen molar-refractivity contribution in [1.29, 1.82) is 0 Å². The highest BCUT2D eigenvalue weighted by Crippen LogP contribution is 2.39. The normalized spacial score (nSPS) is 15.9. The van der Waals surface area contributed by atoms with Crippen LogP contribution >= 0.6 is 15.9 Å². The average molecular weight is 484 g/mol. The van der Waals surface area contributed by atoms with Gasteiger partial charge in [-0.25, -0.2) is 0 Å². The maximum absolute atomic E-state index is 13.6. The molecule has 1 amide bonds. The number of aryl methyl sites for hydroxylation is 2. The number of hydrogen-bond acceptors (Lipinski definition) is 4. The summed E-state index contributed by atoms with van der Waals surface area (Å²) in [4.78, 5) is 28.7. The molecule has 1 aliphatic heterocycles. The first-order chi connectivity index (χ1) is 14.8. The smallest absolute Gasteiger partial charge is 0.290 e. The summed E-state index contributed by atoms with van der Waals surface area (Å²) in [5.41, 5.74) is 3.65. The van der Waals surface area contributed by atoms with Crippen molar-refractivity contribution in [2.24, 2.45) is 0 Å². The number of ether oxygens (including phenoxy) is 1. The Balaban J connectivity index is 1.85. The Kier molecular flexibility index (Phi) is 6.04. The summed E-state index contributed by atoms with van der Waals surface area (Å²) >= 11 is 3.51. The van der Waals surface area contributed by atoms with Crippen molar-refractivity contribution in [3.63, 3.8) is 0 Å². The van der Waals surface area contributed by atoms with Gasteiger partial charge in [0.2, 0.25) is 5.76 Å². The lowest BCUT2D eigenvalue weighted by Crippen LogP contribution is -2.31. The molecule has 162 valence electrons. The third-order valence-corrected chi connectivity index (χ3v) is 6.23. The molecule has 0 bridgehead atoms. The first-order valence-corrected chi connectivity index (χ1v) is 11.3. The average Bonchev–Trinajstić information content (AvgIpc) is 2.99. The predicted molar refractivity (Wildman–Crippen MR) is 125 cm³/mol. The Labute approximate surface area is 190 Å². The minimum Gasteiger partial charge on any atom is -0.450 e. The van der Waals surface area contributed by atoms with Crippen molar-refractivity contribution in [2.75, 3.05) is 13.2 Å². The zero-order chi connectivity index (χ0) is 22.3.